The van der Waals surface area contributed by atoms with E-state index in [1.54, 1.807) is 7.11 Å². The molecule has 1 aliphatic carbocycles. The highest BCUT2D eigenvalue weighted by Crippen LogP contribution is 2.34. The minimum Gasteiger partial charge on any atom is -0.496 e. The van der Waals surface area contributed by atoms with Crippen LogP contribution in [0.15, 0.2) is 27.6 Å². The first-order valence-electron chi connectivity index (χ1n) is 5.76. The molecule has 2 rings (SSSR count). The Bertz CT molecular complexity index is 348. The fourth-order valence-electron chi connectivity index (χ4n) is 2.13. The summed E-state index contributed by atoms with van der Waals surface area (Å²) in [6.07, 6.45) is 5.70. The van der Waals surface area contributed by atoms with Crippen molar-refractivity contribution in [1.29, 1.82) is 0 Å². The molecular weight excluding hydrogens is 284 g/mol. The van der Waals surface area contributed by atoms with Gasteiger partial charge in [-0.2, -0.15) is 0 Å². The van der Waals surface area contributed by atoms with E-state index in [0.29, 0.717) is 0 Å². The van der Waals surface area contributed by atoms with Crippen molar-refractivity contribution in [2.45, 2.75) is 30.6 Å². The van der Waals surface area contributed by atoms with E-state index < -0.39 is 0 Å². The zero-order valence-corrected chi connectivity index (χ0v) is 11.9. The Hall–Kier alpha value is -0.150. The predicted molar refractivity (Wildman–Crippen MR) is 73.4 cm³/mol. The fourth-order valence-corrected chi connectivity index (χ4v) is 3.95. The van der Waals surface area contributed by atoms with E-state index in [0.717, 1.165) is 16.1 Å². The Morgan fingerprint density at radius 1 is 1.38 bits per heavy atom. The molecule has 1 saturated carbocycles. The Balaban J connectivity index is 1.91. The van der Waals surface area contributed by atoms with E-state index >= 15 is 0 Å². The van der Waals surface area contributed by atoms with E-state index in [4.69, 9.17) is 4.74 Å². The molecule has 0 atom stereocenters. The van der Waals surface area contributed by atoms with Crippen molar-refractivity contribution in [3.05, 3.63) is 22.7 Å². The van der Waals surface area contributed by atoms with Crippen LogP contribution in [0.1, 0.15) is 25.7 Å². The molecule has 1 aromatic carbocycles. The second-order valence-electron chi connectivity index (χ2n) is 4.26. The molecule has 0 saturated heterocycles. The van der Waals surface area contributed by atoms with E-state index in [2.05, 4.69) is 28.1 Å². The van der Waals surface area contributed by atoms with Crippen LogP contribution in [0.4, 0.5) is 0 Å². The van der Waals surface area contributed by atoms with Crippen LogP contribution in [0.5, 0.6) is 5.75 Å². The second-order valence-corrected chi connectivity index (χ2v) is 6.21. The summed E-state index contributed by atoms with van der Waals surface area (Å²) in [4.78, 5) is 1.33. The number of halogens is 1. The monoisotopic (exact) mass is 300 g/mol. The molecule has 0 spiro atoms. The standard InChI is InChI=1S/C13H17BrOS/c1-15-13-7-6-11(8-12(13)14)16-9-10-4-2-3-5-10/h6-8,10H,2-5,9H2,1H3. The molecule has 0 bridgehead atoms. The molecule has 0 amide bonds. The molecule has 3 heteroatoms. The average Bonchev–Trinajstić information content (AvgIpc) is 2.79. The van der Waals surface area contributed by atoms with Gasteiger partial charge in [-0.15, -0.1) is 11.8 Å². The highest BCUT2D eigenvalue weighted by molar-refractivity contribution is 9.10. The quantitative estimate of drug-likeness (QED) is 0.743. The molecule has 1 nitrogen and oxygen atoms in total. The van der Waals surface area contributed by atoms with Crippen molar-refractivity contribution in [3.8, 4) is 5.75 Å². The number of rotatable bonds is 4. The maximum atomic E-state index is 5.22. The summed E-state index contributed by atoms with van der Waals surface area (Å²) in [5, 5.41) is 0. The summed E-state index contributed by atoms with van der Waals surface area (Å²) >= 11 is 5.49. The largest absolute Gasteiger partial charge is 0.496 e. The van der Waals surface area contributed by atoms with Gasteiger partial charge < -0.3 is 4.74 Å². The summed E-state index contributed by atoms with van der Waals surface area (Å²) in [6, 6.07) is 6.32. The van der Waals surface area contributed by atoms with Gasteiger partial charge >= 0.3 is 0 Å². The van der Waals surface area contributed by atoms with Crippen LogP contribution in [0.2, 0.25) is 0 Å². The van der Waals surface area contributed by atoms with Gasteiger partial charge in [-0.05, 0) is 52.9 Å². The molecule has 1 aromatic rings. The minimum absolute atomic E-state index is 0.908. The van der Waals surface area contributed by atoms with Crippen LogP contribution < -0.4 is 4.74 Å². The Morgan fingerprint density at radius 3 is 2.75 bits per heavy atom. The zero-order valence-electron chi connectivity index (χ0n) is 9.54. The molecule has 88 valence electrons. The van der Waals surface area contributed by atoms with Crippen molar-refractivity contribution < 1.29 is 4.74 Å². The van der Waals surface area contributed by atoms with Gasteiger partial charge in [0, 0.05) is 10.6 Å². The highest BCUT2D eigenvalue weighted by atomic mass is 79.9. The predicted octanol–water partition coefficient (Wildman–Crippen LogP) is 4.74. The summed E-state index contributed by atoms with van der Waals surface area (Å²) in [7, 11) is 1.70. The van der Waals surface area contributed by atoms with E-state index in [1.807, 2.05) is 17.8 Å². The van der Waals surface area contributed by atoms with E-state index in [-0.39, 0.29) is 0 Å². The van der Waals surface area contributed by atoms with Gasteiger partial charge in [0.1, 0.15) is 5.75 Å². The third-order valence-electron chi connectivity index (χ3n) is 3.08. The lowest BCUT2D eigenvalue weighted by atomic mass is 10.1. The van der Waals surface area contributed by atoms with Gasteiger partial charge in [0.15, 0.2) is 0 Å². The Kier molecular flexibility index (Phi) is 4.59. The van der Waals surface area contributed by atoms with Crippen LogP contribution >= 0.6 is 27.7 Å². The van der Waals surface area contributed by atoms with Crippen LogP contribution in [0.25, 0.3) is 0 Å². The molecule has 0 heterocycles. The van der Waals surface area contributed by atoms with E-state index in [9.17, 15) is 0 Å². The smallest absolute Gasteiger partial charge is 0.133 e. The highest BCUT2D eigenvalue weighted by Gasteiger charge is 2.15. The van der Waals surface area contributed by atoms with Gasteiger partial charge in [0.25, 0.3) is 0 Å². The lowest BCUT2D eigenvalue weighted by Crippen LogP contribution is -1.96. The van der Waals surface area contributed by atoms with E-state index in [1.165, 1.54) is 36.3 Å². The number of thioether (sulfide) groups is 1. The molecule has 0 aliphatic heterocycles. The molecule has 1 aliphatic rings. The van der Waals surface area contributed by atoms with Gasteiger partial charge in [-0.25, -0.2) is 0 Å². The third kappa shape index (κ3) is 3.17. The first kappa shape index (κ1) is 12.3. The molecule has 1 fully saturated rings. The first-order valence-corrected chi connectivity index (χ1v) is 7.54. The fraction of sp³-hybridized carbons (Fsp3) is 0.538. The SMILES string of the molecule is COc1ccc(SCC2CCCC2)cc1Br. The molecule has 0 N–H and O–H groups in total. The Labute approximate surface area is 110 Å². The lowest BCUT2D eigenvalue weighted by Gasteiger charge is -2.09. The molecule has 0 radical (unpaired) electrons. The second kappa shape index (κ2) is 5.97. The minimum atomic E-state index is 0.908. The summed E-state index contributed by atoms with van der Waals surface area (Å²) in [5.74, 6) is 3.11. The topological polar surface area (TPSA) is 9.23 Å². The van der Waals surface area contributed by atoms with Crippen molar-refractivity contribution in [2.24, 2.45) is 5.92 Å². The van der Waals surface area contributed by atoms with Crippen molar-refractivity contribution in [3.63, 3.8) is 0 Å². The molecule has 16 heavy (non-hydrogen) atoms. The summed E-state index contributed by atoms with van der Waals surface area (Å²) in [5.41, 5.74) is 0. The van der Waals surface area contributed by atoms with Gasteiger partial charge in [-0.3, -0.25) is 0 Å². The lowest BCUT2D eigenvalue weighted by molar-refractivity contribution is 0.412. The van der Waals surface area contributed by atoms with Gasteiger partial charge in [0.05, 0.1) is 11.6 Å². The van der Waals surface area contributed by atoms with Crippen molar-refractivity contribution >= 4 is 27.7 Å². The van der Waals surface area contributed by atoms with Crippen molar-refractivity contribution in [2.75, 3.05) is 12.9 Å². The van der Waals surface area contributed by atoms with Gasteiger partial charge in [-0.1, -0.05) is 12.8 Å². The normalized spacial score (nSPS) is 16.6. The number of hydrogen-bond donors (Lipinski definition) is 0. The average molecular weight is 301 g/mol. The third-order valence-corrected chi connectivity index (χ3v) is 4.93. The van der Waals surface area contributed by atoms with Crippen LogP contribution in [-0.4, -0.2) is 12.9 Å². The molecule has 0 unspecified atom stereocenters. The van der Waals surface area contributed by atoms with Crippen molar-refractivity contribution in [1.82, 2.24) is 0 Å². The zero-order chi connectivity index (χ0) is 11.4. The van der Waals surface area contributed by atoms with Crippen LogP contribution in [0, 0.1) is 5.92 Å². The maximum absolute atomic E-state index is 5.22. The van der Waals surface area contributed by atoms with Gasteiger partial charge in [0.2, 0.25) is 0 Å². The number of methoxy groups -OCH3 is 1. The van der Waals surface area contributed by atoms with Crippen LogP contribution in [0.3, 0.4) is 0 Å². The number of benzene rings is 1. The number of ether oxygens (including phenoxy) is 1. The maximum Gasteiger partial charge on any atom is 0.133 e. The first-order chi connectivity index (χ1) is 7.79. The Morgan fingerprint density at radius 2 is 2.12 bits per heavy atom. The number of hydrogen-bond acceptors (Lipinski definition) is 2. The summed E-state index contributed by atoms with van der Waals surface area (Å²) < 4.78 is 6.27. The summed E-state index contributed by atoms with van der Waals surface area (Å²) in [6.45, 7) is 0. The molecular formula is C13H17BrOS. The van der Waals surface area contributed by atoms with Crippen LogP contribution in [-0.2, 0) is 0 Å². The molecule has 0 aromatic heterocycles.